The van der Waals surface area contributed by atoms with Gasteiger partial charge in [0.15, 0.2) is 0 Å². The van der Waals surface area contributed by atoms with Crippen molar-refractivity contribution < 1.29 is 22.7 Å². The Kier molecular flexibility index (Phi) is 6.02. The van der Waals surface area contributed by atoms with Crippen LogP contribution in [0.25, 0.3) is 0 Å². The van der Waals surface area contributed by atoms with Crippen molar-refractivity contribution in [3.05, 3.63) is 23.8 Å². The molecule has 7 heteroatoms. The van der Waals surface area contributed by atoms with E-state index in [0.29, 0.717) is 0 Å². The van der Waals surface area contributed by atoms with E-state index in [1.54, 1.807) is 0 Å². The monoisotopic (exact) mass is 304 g/mol. The highest BCUT2D eigenvalue weighted by atomic mass is 19.4. The quantitative estimate of drug-likeness (QED) is 0.791. The minimum Gasteiger partial charge on any atom is -0.397 e. The number of amides is 1. The van der Waals surface area contributed by atoms with Crippen LogP contribution in [0.15, 0.2) is 18.2 Å². The number of nitrogens with two attached hydrogens (primary N) is 1. The molecule has 3 N–H and O–H groups in total. The molecule has 0 saturated heterocycles. The third kappa shape index (κ3) is 5.63. The van der Waals surface area contributed by atoms with Crippen LogP contribution in [0.3, 0.4) is 0 Å². The van der Waals surface area contributed by atoms with Crippen LogP contribution in [0.5, 0.6) is 0 Å². The molecule has 0 fully saturated rings. The average molecular weight is 304 g/mol. The van der Waals surface area contributed by atoms with Crippen molar-refractivity contribution in [3.63, 3.8) is 0 Å². The summed E-state index contributed by atoms with van der Waals surface area (Å²) < 4.78 is 42.8. The second-order valence-corrected chi connectivity index (χ2v) is 4.69. The third-order valence-electron chi connectivity index (χ3n) is 2.96. The molecule has 0 bridgehead atoms. The molecule has 1 aromatic carbocycles. The van der Waals surface area contributed by atoms with Gasteiger partial charge in [0.2, 0.25) is 5.91 Å². The molecule has 4 nitrogen and oxygen atoms in total. The number of hydrogen-bond donors (Lipinski definition) is 2. The van der Waals surface area contributed by atoms with Gasteiger partial charge < -0.3 is 15.8 Å². The normalized spacial score (nSPS) is 13.0. The van der Waals surface area contributed by atoms with Crippen LogP contribution >= 0.6 is 0 Å². The molecule has 1 aromatic rings. The lowest BCUT2D eigenvalue weighted by Crippen LogP contribution is -2.17. The molecule has 1 unspecified atom stereocenters. The first-order valence-electron chi connectivity index (χ1n) is 6.62. The van der Waals surface area contributed by atoms with Gasteiger partial charge in [-0.15, -0.1) is 0 Å². The Morgan fingerprint density at radius 2 is 2.10 bits per heavy atom. The van der Waals surface area contributed by atoms with Gasteiger partial charge in [-0.25, -0.2) is 0 Å². The van der Waals surface area contributed by atoms with Crippen molar-refractivity contribution in [1.29, 1.82) is 0 Å². The highest BCUT2D eigenvalue weighted by Gasteiger charge is 2.30. The summed E-state index contributed by atoms with van der Waals surface area (Å²) in [6.45, 7) is 4.11. The molecule has 1 atom stereocenters. The number of nitrogen functional groups attached to an aromatic ring is 1. The maximum Gasteiger partial charge on any atom is 0.416 e. The summed E-state index contributed by atoms with van der Waals surface area (Å²) in [4.78, 5) is 11.6. The average Bonchev–Trinajstić information content (AvgIpc) is 2.39. The fourth-order valence-electron chi connectivity index (χ4n) is 1.54. The molecule has 0 aromatic heterocycles. The lowest BCUT2D eigenvalue weighted by molar-refractivity contribution is -0.137. The van der Waals surface area contributed by atoms with Gasteiger partial charge in [0.25, 0.3) is 0 Å². The summed E-state index contributed by atoms with van der Waals surface area (Å²) in [6.07, 6.45) is -3.44. The molecule has 21 heavy (non-hydrogen) atoms. The number of ether oxygens (including phenoxy) is 1. The smallest absolute Gasteiger partial charge is 0.397 e. The number of rotatable bonds is 6. The molecule has 0 aliphatic carbocycles. The van der Waals surface area contributed by atoms with Crippen molar-refractivity contribution >= 4 is 17.3 Å². The number of alkyl halides is 3. The summed E-state index contributed by atoms with van der Waals surface area (Å²) in [5, 5.41) is 2.47. The molecule has 0 aliphatic heterocycles. The Balaban J connectivity index is 2.57. The van der Waals surface area contributed by atoms with Crippen LogP contribution in [0.1, 0.15) is 32.3 Å². The van der Waals surface area contributed by atoms with Crippen LogP contribution in [0.4, 0.5) is 24.5 Å². The number of hydrogen-bond acceptors (Lipinski definition) is 3. The van der Waals surface area contributed by atoms with Crippen LogP contribution in [0.2, 0.25) is 0 Å². The zero-order chi connectivity index (χ0) is 16.0. The summed E-state index contributed by atoms with van der Waals surface area (Å²) in [6, 6.07) is 2.82. The minimum absolute atomic E-state index is 0.0638. The van der Waals surface area contributed by atoms with Gasteiger partial charge in [0, 0.05) is 0 Å². The zero-order valence-corrected chi connectivity index (χ0v) is 12.0. The minimum atomic E-state index is -4.46. The molecule has 118 valence electrons. The van der Waals surface area contributed by atoms with Gasteiger partial charge >= 0.3 is 6.18 Å². The third-order valence-corrected chi connectivity index (χ3v) is 2.96. The fraction of sp³-hybridized carbons (Fsp3) is 0.500. The van der Waals surface area contributed by atoms with E-state index in [1.807, 2.05) is 13.8 Å². The fourth-order valence-corrected chi connectivity index (χ4v) is 1.54. The zero-order valence-electron chi connectivity index (χ0n) is 12.0. The molecule has 1 amide bonds. The molecule has 0 aliphatic rings. The molecular formula is C14H19F3N2O2. The second-order valence-electron chi connectivity index (χ2n) is 4.69. The first kappa shape index (κ1) is 17.3. The van der Waals surface area contributed by atoms with Crippen molar-refractivity contribution in [2.24, 2.45) is 0 Å². The largest absolute Gasteiger partial charge is 0.416 e. The maximum atomic E-state index is 12.5. The van der Waals surface area contributed by atoms with Gasteiger partial charge in [-0.1, -0.05) is 6.92 Å². The standard InChI is InChI=1S/C14H19F3N2O2/c1-3-9(2)21-7-6-13(20)19-12-5-4-10(8-11(12)18)14(15,16)17/h4-5,8-9H,3,6-7,18H2,1-2H3,(H,19,20). The lowest BCUT2D eigenvalue weighted by atomic mass is 10.1. The molecule has 0 saturated carbocycles. The Morgan fingerprint density at radius 1 is 1.43 bits per heavy atom. The SMILES string of the molecule is CCC(C)OCCC(=O)Nc1ccc(C(F)(F)F)cc1N. The second kappa shape index (κ2) is 7.31. The van der Waals surface area contributed by atoms with Gasteiger partial charge in [0.05, 0.1) is 36.1 Å². The van der Waals surface area contributed by atoms with E-state index in [1.165, 1.54) is 0 Å². The van der Waals surface area contributed by atoms with Gasteiger partial charge in [-0.3, -0.25) is 4.79 Å². The van der Waals surface area contributed by atoms with E-state index >= 15 is 0 Å². The van der Waals surface area contributed by atoms with Crippen molar-refractivity contribution in [3.8, 4) is 0 Å². The molecule has 0 spiro atoms. The van der Waals surface area contributed by atoms with Crippen LogP contribution in [-0.2, 0) is 15.7 Å². The predicted molar refractivity (Wildman–Crippen MR) is 74.8 cm³/mol. The highest BCUT2D eigenvalue weighted by Crippen LogP contribution is 2.32. The Hall–Kier alpha value is -1.76. The number of halogens is 3. The number of carbonyl (C=O) groups excluding carboxylic acids is 1. The summed E-state index contributed by atoms with van der Waals surface area (Å²) in [5.74, 6) is -0.357. The van der Waals surface area contributed by atoms with E-state index < -0.39 is 11.7 Å². The highest BCUT2D eigenvalue weighted by molar-refractivity contribution is 5.93. The molecular weight excluding hydrogens is 285 g/mol. The van der Waals surface area contributed by atoms with Gasteiger partial charge in [-0.05, 0) is 31.5 Å². The first-order valence-corrected chi connectivity index (χ1v) is 6.62. The predicted octanol–water partition coefficient (Wildman–Crippen LogP) is 3.43. The Bertz CT molecular complexity index is 490. The maximum absolute atomic E-state index is 12.5. The Morgan fingerprint density at radius 3 is 2.62 bits per heavy atom. The van der Waals surface area contributed by atoms with Crippen molar-refractivity contribution in [2.75, 3.05) is 17.7 Å². The summed E-state index contributed by atoms with van der Waals surface area (Å²) >= 11 is 0. The molecule has 1 rings (SSSR count). The number of carbonyl (C=O) groups is 1. The lowest BCUT2D eigenvalue weighted by Gasteiger charge is -2.13. The van der Waals surface area contributed by atoms with E-state index in [2.05, 4.69) is 5.32 Å². The molecule has 0 radical (unpaired) electrons. The van der Waals surface area contributed by atoms with E-state index in [0.717, 1.165) is 24.6 Å². The van der Waals surface area contributed by atoms with E-state index in [-0.39, 0.29) is 36.4 Å². The van der Waals surface area contributed by atoms with Crippen molar-refractivity contribution in [2.45, 2.75) is 39.0 Å². The van der Waals surface area contributed by atoms with E-state index in [4.69, 9.17) is 10.5 Å². The molecule has 0 heterocycles. The summed E-state index contributed by atoms with van der Waals surface area (Å²) in [7, 11) is 0. The number of anilines is 2. The first-order chi connectivity index (χ1) is 9.74. The number of benzene rings is 1. The van der Waals surface area contributed by atoms with E-state index in [9.17, 15) is 18.0 Å². The van der Waals surface area contributed by atoms with Gasteiger partial charge in [-0.2, -0.15) is 13.2 Å². The van der Waals surface area contributed by atoms with Crippen LogP contribution in [-0.4, -0.2) is 18.6 Å². The van der Waals surface area contributed by atoms with Crippen molar-refractivity contribution in [1.82, 2.24) is 0 Å². The van der Waals surface area contributed by atoms with Crippen LogP contribution in [0, 0.1) is 0 Å². The number of nitrogens with one attached hydrogen (secondary N) is 1. The topological polar surface area (TPSA) is 64.3 Å². The van der Waals surface area contributed by atoms with Gasteiger partial charge in [0.1, 0.15) is 0 Å². The van der Waals surface area contributed by atoms with Crippen LogP contribution < -0.4 is 11.1 Å². The Labute approximate surface area is 121 Å². The summed E-state index contributed by atoms with van der Waals surface area (Å²) in [5.41, 5.74) is 4.71.